The molecule has 2 heteroatoms. The van der Waals surface area contributed by atoms with Crippen molar-refractivity contribution in [3.8, 4) is 0 Å². The van der Waals surface area contributed by atoms with Crippen molar-refractivity contribution in [1.29, 1.82) is 0 Å². The van der Waals surface area contributed by atoms with Gasteiger partial charge in [0.1, 0.15) is 6.10 Å². The summed E-state index contributed by atoms with van der Waals surface area (Å²) < 4.78 is 0. The molecule has 2 heterocycles. The summed E-state index contributed by atoms with van der Waals surface area (Å²) in [5, 5.41) is 2.21. The minimum atomic E-state index is 0.462. The van der Waals surface area contributed by atoms with Gasteiger partial charge in [-0.3, -0.25) is 4.84 Å². The number of hydrogen-bond acceptors (Lipinski definition) is 2. The third kappa shape index (κ3) is 0.882. The molecule has 0 bridgehead atoms. The van der Waals surface area contributed by atoms with Crippen molar-refractivity contribution in [1.82, 2.24) is 5.06 Å². The van der Waals surface area contributed by atoms with Crippen molar-refractivity contribution < 1.29 is 4.84 Å². The highest BCUT2D eigenvalue weighted by atomic mass is 16.7. The van der Waals surface area contributed by atoms with Crippen molar-refractivity contribution in [2.45, 2.75) is 44.2 Å². The first-order chi connectivity index (χ1) is 5.95. The van der Waals surface area contributed by atoms with E-state index < -0.39 is 0 Å². The molecule has 2 fully saturated rings. The first-order valence-electron chi connectivity index (χ1n) is 5.08. The summed E-state index contributed by atoms with van der Waals surface area (Å²) in [5.74, 6) is 0. The minimum absolute atomic E-state index is 0.462. The van der Waals surface area contributed by atoms with Gasteiger partial charge in [-0.1, -0.05) is 6.08 Å². The lowest BCUT2D eigenvalue weighted by Gasteiger charge is -2.16. The van der Waals surface area contributed by atoms with Crippen LogP contribution in [0.4, 0.5) is 0 Å². The van der Waals surface area contributed by atoms with Crippen molar-refractivity contribution in [3.05, 3.63) is 11.6 Å². The SMILES string of the molecule is C1=C2[C@H](CCC1)ON1CCC[C@@H]21. The zero-order chi connectivity index (χ0) is 7.97. The summed E-state index contributed by atoms with van der Waals surface area (Å²) in [4.78, 5) is 5.85. The molecule has 1 aliphatic carbocycles. The third-order valence-corrected chi connectivity index (χ3v) is 3.27. The van der Waals surface area contributed by atoms with Gasteiger partial charge in [0.2, 0.25) is 0 Å². The Labute approximate surface area is 73.1 Å². The first kappa shape index (κ1) is 7.10. The summed E-state index contributed by atoms with van der Waals surface area (Å²) in [6.07, 6.45) is 9.36. The quantitative estimate of drug-likeness (QED) is 0.508. The molecule has 2 nitrogen and oxygen atoms in total. The molecule has 0 aromatic heterocycles. The van der Waals surface area contributed by atoms with Crippen LogP contribution >= 0.6 is 0 Å². The van der Waals surface area contributed by atoms with Crippen LogP contribution < -0.4 is 0 Å². The van der Waals surface area contributed by atoms with Crippen molar-refractivity contribution in [3.63, 3.8) is 0 Å². The second-order valence-electron chi connectivity index (χ2n) is 4.03. The predicted octanol–water partition coefficient (Wildman–Crippen LogP) is 1.87. The molecule has 0 unspecified atom stereocenters. The predicted molar refractivity (Wildman–Crippen MR) is 46.5 cm³/mol. The van der Waals surface area contributed by atoms with Crippen LogP contribution in [-0.4, -0.2) is 23.8 Å². The highest BCUT2D eigenvalue weighted by Crippen LogP contribution is 2.38. The minimum Gasteiger partial charge on any atom is -0.291 e. The molecule has 0 amide bonds. The molecule has 0 saturated carbocycles. The second kappa shape index (κ2) is 2.57. The molecule has 2 atom stereocenters. The van der Waals surface area contributed by atoms with Gasteiger partial charge in [0.25, 0.3) is 0 Å². The zero-order valence-corrected chi connectivity index (χ0v) is 7.33. The fourth-order valence-electron chi connectivity index (χ4n) is 2.70. The van der Waals surface area contributed by atoms with Crippen molar-refractivity contribution >= 4 is 0 Å². The third-order valence-electron chi connectivity index (χ3n) is 3.27. The smallest absolute Gasteiger partial charge is 0.102 e. The lowest BCUT2D eigenvalue weighted by molar-refractivity contribution is -0.148. The van der Waals surface area contributed by atoms with Crippen molar-refractivity contribution in [2.24, 2.45) is 0 Å². The largest absolute Gasteiger partial charge is 0.291 e. The summed E-state index contributed by atoms with van der Waals surface area (Å²) in [7, 11) is 0. The van der Waals surface area contributed by atoms with E-state index in [9.17, 15) is 0 Å². The average molecular weight is 165 g/mol. The van der Waals surface area contributed by atoms with E-state index in [1.165, 1.54) is 32.1 Å². The van der Waals surface area contributed by atoms with Crippen LogP contribution in [-0.2, 0) is 4.84 Å². The number of hydroxylamine groups is 2. The Bertz CT molecular complexity index is 224. The maximum atomic E-state index is 5.85. The molecular formula is C10H15NO. The Kier molecular flexibility index (Phi) is 1.52. The molecule has 12 heavy (non-hydrogen) atoms. The van der Waals surface area contributed by atoms with Crippen LogP contribution in [0, 0.1) is 0 Å². The molecule has 3 rings (SSSR count). The van der Waals surface area contributed by atoms with Crippen LogP contribution in [0.5, 0.6) is 0 Å². The lowest BCUT2D eigenvalue weighted by Crippen LogP contribution is -2.21. The van der Waals surface area contributed by atoms with E-state index in [1.807, 2.05) is 0 Å². The highest BCUT2D eigenvalue weighted by Gasteiger charge is 2.41. The normalized spacial score (nSPS) is 40.8. The molecule has 0 N–H and O–H groups in total. The molecule has 2 saturated heterocycles. The van der Waals surface area contributed by atoms with Gasteiger partial charge in [0.05, 0.1) is 6.04 Å². The van der Waals surface area contributed by atoms with Gasteiger partial charge in [-0.2, -0.15) is 5.06 Å². The fourth-order valence-corrected chi connectivity index (χ4v) is 2.70. The van der Waals surface area contributed by atoms with E-state index in [1.54, 1.807) is 5.57 Å². The number of rotatable bonds is 0. The number of fused-ring (bicyclic) bond motifs is 3. The van der Waals surface area contributed by atoms with E-state index in [-0.39, 0.29) is 0 Å². The maximum absolute atomic E-state index is 5.85. The van der Waals surface area contributed by atoms with Gasteiger partial charge < -0.3 is 0 Å². The standard InChI is InChI=1S/C10H15NO/c1-2-6-10-8(4-1)9-5-3-7-11(9)12-10/h4,9-10H,1-3,5-7H2/t9-,10-/m0/s1. The Balaban J connectivity index is 1.90. The summed E-state index contributed by atoms with van der Waals surface area (Å²) in [6.45, 7) is 1.15. The number of hydrogen-bond donors (Lipinski definition) is 0. The van der Waals surface area contributed by atoms with E-state index in [2.05, 4.69) is 11.1 Å². The second-order valence-corrected chi connectivity index (χ2v) is 4.03. The molecule has 0 aromatic rings. The van der Waals surface area contributed by atoms with Crippen molar-refractivity contribution in [2.75, 3.05) is 6.54 Å². The van der Waals surface area contributed by atoms with Gasteiger partial charge >= 0.3 is 0 Å². The van der Waals surface area contributed by atoms with Crippen LogP contribution in [0.3, 0.4) is 0 Å². The summed E-state index contributed by atoms with van der Waals surface area (Å²) >= 11 is 0. The molecule has 0 aromatic carbocycles. The van der Waals surface area contributed by atoms with Gasteiger partial charge in [-0.15, -0.1) is 0 Å². The molecular weight excluding hydrogens is 150 g/mol. The Hall–Kier alpha value is -0.340. The molecule has 66 valence electrons. The van der Waals surface area contributed by atoms with Gasteiger partial charge in [-0.05, 0) is 37.7 Å². The number of nitrogens with zero attached hydrogens (tertiary/aromatic N) is 1. The Morgan fingerprint density at radius 1 is 1.33 bits per heavy atom. The number of allylic oxidation sites excluding steroid dienone is 1. The fraction of sp³-hybridized carbons (Fsp3) is 0.800. The van der Waals surface area contributed by atoms with E-state index in [4.69, 9.17) is 4.84 Å². The van der Waals surface area contributed by atoms with Gasteiger partial charge in [0.15, 0.2) is 0 Å². The Morgan fingerprint density at radius 3 is 3.33 bits per heavy atom. The molecule has 3 aliphatic rings. The molecule has 0 spiro atoms. The van der Waals surface area contributed by atoms with Crippen LogP contribution in [0.25, 0.3) is 0 Å². The zero-order valence-electron chi connectivity index (χ0n) is 7.33. The van der Waals surface area contributed by atoms with Gasteiger partial charge in [0, 0.05) is 6.54 Å². The van der Waals surface area contributed by atoms with Gasteiger partial charge in [-0.25, -0.2) is 0 Å². The molecule has 2 aliphatic heterocycles. The highest BCUT2D eigenvalue weighted by molar-refractivity contribution is 5.22. The van der Waals surface area contributed by atoms with Crippen LogP contribution in [0.15, 0.2) is 11.6 Å². The Morgan fingerprint density at radius 2 is 2.33 bits per heavy atom. The summed E-state index contributed by atoms with van der Waals surface area (Å²) in [5.41, 5.74) is 1.60. The lowest BCUT2D eigenvalue weighted by atomic mass is 9.91. The maximum Gasteiger partial charge on any atom is 0.102 e. The van der Waals surface area contributed by atoms with Crippen LogP contribution in [0.2, 0.25) is 0 Å². The summed E-state index contributed by atoms with van der Waals surface area (Å²) in [6, 6.07) is 0.662. The monoisotopic (exact) mass is 165 g/mol. The molecule has 0 radical (unpaired) electrons. The topological polar surface area (TPSA) is 12.5 Å². The average Bonchev–Trinajstić information content (AvgIpc) is 2.62. The van der Waals surface area contributed by atoms with Crippen LogP contribution in [0.1, 0.15) is 32.1 Å². The van der Waals surface area contributed by atoms with E-state index in [0.717, 1.165) is 6.54 Å². The van der Waals surface area contributed by atoms with E-state index >= 15 is 0 Å². The first-order valence-corrected chi connectivity index (χ1v) is 5.08. The van der Waals surface area contributed by atoms with E-state index in [0.29, 0.717) is 12.1 Å².